The van der Waals surface area contributed by atoms with Crippen LogP contribution in [0.15, 0.2) is 36.7 Å². The highest BCUT2D eigenvalue weighted by molar-refractivity contribution is 5.23. The van der Waals surface area contributed by atoms with Crippen LogP contribution in [0, 0.1) is 0 Å². The number of aliphatic hydroxyl groups is 1. The third kappa shape index (κ3) is 3.72. The van der Waals surface area contributed by atoms with E-state index >= 15 is 0 Å². The van der Waals surface area contributed by atoms with Crippen molar-refractivity contribution in [3.8, 4) is 0 Å². The minimum absolute atomic E-state index is 0.513. The number of aryl methyl sites for hydroxylation is 1. The maximum atomic E-state index is 10.7. The molecule has 0 bridgehead atoms. The Labute approximate surface area is 131 Å². The molecule has 1 aromatic carbocycles. The monoisotopic (exact) mass is 300 g/mol. The number of likely N-dealkylation sites (tertiary alicyclic amines) is 1. The number of nitrogens with zero attached hydrogens (tertiary/aromatic N) is 4. The van der Waals surface area contributed by atoms with Gasteiger partial charge in [0.1, 0.15) is 0 Å². The lowest BCUT2D eigenvalue weighted by atomic mass is 10.0. The lowest BCUT2D eigenvalue weighted by molar-refractivity contribution is 0.0274. The lowest BCUT2D eigenvalue weighted by Gasteiger charge is -2.23. The van der Waals surface area contributed by atoms with Crippen molar-refractivity contribution >= 4 is 0 Å². The van der Waals surface area contributed by atoms with Crippen molar-refractivity contribution in [3.63, 3.8) is 0 Å². The second-order valence-corrected chi connectivity index (χ2v) is 6.36. The lowest BCUT2D eigenvalue weighted by Crippen LogP contribution is -2.37. The summed E-state index contributed by atoms with van der Waals surface area (Å²) in [7, 11) is 0. The molecule has 1 fully saturated rings. The van der Waals surface area contributed by atoms with Crippen molar-refractivity contribution in [2.45, 2.75) is 44.9 Å². The summed E-state index contributed by atoms with van der Waals surface area (Å²) in [5.74, 6) is 0. The van der Waals surface area contributed by atoms with E-state index in [-0.39, 0.29) is 0 Å². The minimum atomic E-state index is -0.700. The highest BCUT2D eigenvalue weighted by Gasteiger charge is 2.36. The van der Waals surface area contributed by atoms with E-state index in [0.29, 0.717) is 13.1 Å². The quantitative estimate of drug-likeness (QED) is 0.885. The zero-order valence-corrected chi connectivity index (χ0v) is 13.1. The number of benzene rings is 1. The Kier molecular flexibility index (Phi) is 4.55. The van der Waals surface area contributed by atoms with Crippen LogP contribution in [0.2, 0.25) is 0 Å². The van der Waals surface area contributed by atoms with Crippen molar-refractivity contribution in [3.05, 3.63) is 47.8 Å². The number of hydrogen-bond acceptors (Lipinski definition) is 4. The standard InChI is InChI=1S/C17H24N4O/c1-2-4-15-5-3-6-16(11-15)12-20-9-7-17(22,13-20)14-21-10-8-18-19-21/h3,5-6,8,10-11,22H,2,4,7,9,12-14H2,1H3. The zero-order valence-electron chi connectivity index (χ0n) is 13.1. The van der Waals surface area contributed by atoms with Crippen LogP contribution in [0.1, 0.15) is 30.9 Å². The second kappa shape index (κ2) is 6.58. The Morgan fingerprint density at radius 1 is 1.32 bits per heavy atom. The second-order valence-electron chi connectivity index (χ2n) is 6.36. The molecule has 1 unspecified atom stereocenters. The van der Waals surface area contributed by atoms with Crippen molar-refractivity contribution in [2.24, 2.45) is 0 Å². The molecule has 1 N–H and O–H groups in total. The van der Waals surface area contributed by atoms with Crippen LogP contribution in [-0.2, 0) is 19.5 Å². The first kappa shape index (κ1) is 15.2. The highest BCUT2D eigenvalue weighted by Crippen LogP contribution is 2.24. The maximum absolute atomic E-state index is 10.7. The van der Waals surface area contributed by atoms with Gasteiger partial charge in [0, 0.05) is 25.8 Å². The predicted molar refractivity (Wildman–Crippen MR) is 85.3 cm³/mol. The summed E-state index contributed by atoms with van der Waals surface area (Å²) in [5, 5.41) is 18.5. The fourth-order valence-corrected chi connectivity index (χ4v) is 3.25. The van der Waals surface area contributed by atoms with Crippen LogP contribution in [0.25, 0.3) is 0 Å². The fourth-order valence-electron chi connectivity index (χ4n) is 3.25. The van der Waals surface area contributed by atoms with E-state index in [2.05, 4.69) is 46.4 Å². The number of rotatable bonds is 6. The molecule has 2 aromatic rings. The van der Waals surface area contributed by atoms with E-state index < -0.39 is 5.60 Å². The Bertz CT molecular complexity index is 598. The number of β-amino-alcohol motifs (C(OH)–C–C–N with tert-alkyl or cyclic N) is 1. The van der Waals surface area contributed by atoms with E-state index in [1.807, 2.05) is 0 Å². The molecule has 22 heavy (non-hydrogen) atoms. The molecule has 1 saturated heterocycles. The molecule has 0 radical (unpaired) electrons. The Balaban J connectivity index is 1.59. The maximum Gasteiger partial charge on any atom is 0.0981 e. The van der Waals surface area contributed by atoms with Gasteiger partial charge >= 0.3 is 0 Å². The molecule has 2 heterocycles. The van der Waals surface area contributed by atoms with Crippen molar-refractivity contribution in [2.75, 3.05) is 13.1 Å². The molecule has 3 rings (SSSR count). The topological polar surface area (TPSA) is 54.2 Å². The molecular weight excluding hydrogens is 276 g/mol. The van der Waals surface area contributed by atoms with Gasteiger partial charge in [-0.25, -0.2) is 4.68 Å². The summed E-state index contributed by atoms with van der Waals surface area (Å²) in [6.45, 7) is 5.22. The Morgan fingerprint density at radius 2 is 2.18 bits per heavy atom. The molecule has 1 aliphatic rings. The van der Waals surface area contributed by atoms with Gasteiger partial charge in [0.25, 0.3) is 0 Å². The molecule has 118 valence electrons. The highest BCUT2D eigenvalue weighted by atomic mass is 16.3. The third-order valence-corrected chi connectivity index (χ3v) is 4.28. The van der Waals surface area contributed by atoms with E-state index in [0.717, 1.165) is 25.9 Å². The average molecular weight is 300 g/mol. The van der Waals surface area contributed by atoms with E-state index in [1.165, 1.54) is 17.5 Å². The summed E-state index contributed by atoms with van der Waals surface area (Å²) in [6.07, 6.45) is 6.53. The van der Waals surface area contributed by atoms with Gasteiger partial charge in [-0.2, -0.15) is 0 Å². The van der Waals surface area contributed by atoms with E-state index in [9.17, 15) is 5.11 Å². The Hall–Kier alpha value is -1.72. The van der Waals surface area contributed by atoms with Crippen molar-refractivity contribution < 1.29 is 5.11 Å². The SMILES string of the molecule is CCCc1cccc(CN2CCC(O)(Cn3ccnn3)C2)c1. The van der Waals surface area contributed by atoms with Gasteiger partial charge in [-0.05, 0) is 24.0 Å². The van der Waals surface area contributed by atoms with Gasteiger partial charge in [0.15, 0.2) is 0 Å². The van der Waals surface area contributed by atoms with Gasteiger partial charge in [0.05, 0.1) is 18.3 Å². The summed E-state index contributed by atoms with van der Waals surface area (Å²) < 4.78 is 1.71. The van der Waals surface area contributed by atoms with Gasteiger partial charge in [0.2, 0.25) is 0 Å². The molecule has 5 nitrogen and oxygen atoms in total. The smallest absolute Gasteiger partial charge is 0.0981 e. The molecule has 0 spiro atoms. The molecule has 5 heteroatoms. The van der Waals surface area contributed by atoms with Gasteiger partial charge in [-0.3, -0.25) is 4.90 Å². The zero-order chi connectivity index (χ0) is 15.4. The first-order chi connectivity index (χ1) is 10.7. The van der Waals surface area contributed by atoms with Crippen LogP contribution in [0.4, 0.5) is 0 Å². The molecule has 1 atom stereocenters. The Morgan fingerprint density at radius 3 is 2.95 bits per heavy atom. The normalized spacial score (nSPS) is 22.3. The van der Waals surface area contributed by atoms with Crippen LogP contribution < -0.4 is 0 Å². The van der Waals surface area contributed by atoms with Crippen LogP contribution in [-0.4, -0.2) is 43.7 Å². The first-order valence-corrected chi connectivity index (χ1v) is 8.03. The number of aromatic nitrogens is 3. The van der Waals surface area contributed by atoms with Gasteiger partial charge < -0.3 is 5.11 Å². The third-order valence-electron chi connectivity index (χ3n) is 4.28. The van der Waals surface area contributed by atoms with Crippen molar-refractivity contribution in [1.29, 1.82) is 0 Å². The molecule has 0 aliphatic carbocycles. The molecule has 0 saturated carbocycles. The summed E-state index contributed by atoms with van der Waals surface area (Å²) in [4.78, 5) is 2.32. The van der Waals surface area contributed by atoms with E-state index in [1.54, 1.807) is 17.1 Å². The summed E-state index contributed by atoms with van der Waals surface area (Å²) >= 11 is 0. The van der Waals surface area contributed by atoms with Gasteiger partial charge in [-0.1, -0.05) is 42.8 Å². The van der Waals surface area contributed by atoms with Gasteiger partial charge in [-0.15, -0.1) is 5.10 Å². The summed E-state index contributed by atoms with van der Waals surface area (Å²) in [5.41, 5.74) is 2.03. The van der Waals surface area contributed by atoms with Crippen LogP contribution >= 0.6 is 0 Å². The molecule has 1 aromatic heterocycles. The predicted octanol–water partition coefficient (Wildman–Crippen LogP) is 1.87. The fraction of sp³-hybridized carbons (Fsp3) is 0.529. The molecular formula is C17H24N4O. The largest absolute Gasteiger partial charge is 0.387 e. The minimum Gasteiger partial charge on any atom is -0.387 e. The average Bonchev–Trinajstić information content (AvgIpc) is 3.10. The number of hydrogen-bond donors (Lipinski definition) is 1. The molecule has 1 aliphatic heterocycles. The summed E-state index contributed by atoms with van der Waals surface area (Å²) in [6, 6.07) is 8.79. The van der Waals surface area contributed by atoms with E-state index in [4.69, 9.17) is 0 Å². The van der Waals surface area contributed by atoms with Crippen LogP contribution in [0.5, 0.6) is 0 Å². The first-order valence-electron chi connectivity index (χ1n) is 8.03. The molecule has 0 amide bonds. The van der Waals surface area contributed by atoms with Crippen molar-refractivity contribution in [1.82, 2.24) is 19.9 Å². The van der Waals surface area contributed by atoms with Crippen LogP contribution in [0.3, 0.4) is 0 Å².